The summed E-state index contributed by atoms with van der Waals surface area (Å²) in [4.78, 5) is 0. The van der Waals surface area contributed by atoms with E-state index < -0.39 is 10.0 Å². The molecule has 0 atom stereocenters. The van der Waals surface area contributed by atoms with Crippen LogP contribution >= 0.6 is 15.9 Å². The van der Waals surface area contributed by atoms with Gasteiger partial charge in [-0.1, -0.05) is 48.0 Å². The van der Waals surface area contributed by atoms with E-state index in [0.29, 0.717) is 19.1 Å². The molecule has 1 aromatic carbocycles. The van der Waals surface area contributed by atoms with Gasteiger partial charge in [-0.2, -0.15) is 0 Å². The molecular weight excluding hydrogens is 316 g/mol. The lowest BCUT2D eigenvalue weighted by Gasteiger charge is -2.10. The quantitative estimate of drug-likeness (QED) is 0.800. The second kappa shape index (κ2) is 7.23. The van der Waals surface area contributed by atoms with Crippen molar-refractivity contribution in [1.82, 2.24) is 10.0 Å². The highest BCUT2D eigenvalue weighted by molar-refractivity contribution is 9.10. The Balaban J connectivity index is 2.45. The van der Waals surface area contributed by atoms with Crippen molar-refractivity contribution in [2.24, 2.45) is 0 Å². The van der Waals surface area contributed by atoms with Gasteiger partial charge >= 0.3 is 0 Å². The minimum absolute atomic E-state index is 0.0929. The normalized spacial score (nSPS) is 12.0. The fourth-order valence-electron chi connectivity index (χ4n) is 1.38. The lowest BCUT2D eigenvalue weighted by atomic mass is 10.2. The van der Waals surface area contributed by atoms with E-state index in [1.165, 1.54) is 0 Å². The summed E-state index contributed by atoms with van der Waals surface area (Å²) in [6.45, 7) is 4.75. The standard InChI is InChI=1S/C12H19BrN2O2S/c1-10(2)14-7-8-18(16,17)15-9-11-5-3-4-6-12(11)13/h3-6,10,14-15H,7-9H2,1-2H3. The SMILES string of the molecule is CC(C)NCCS(=O)(=O)NCc1ccccc1Br. The van der Waals surface area contributed by atoms with E-state index in [2.05, 4.69) is 26.0 Å². The van der Waals surface area contributed by atoms with E-state index >= 15 is 0 Å². The van der Waals surface area contributed by atoms with E-state index in [9.17, 15) is 8.42 Å². The van der Waals surface area contributed by atoms with Gasteiger partial charge in [0.1, 0.15) is 0 Å². The molecule has 1 rings (SSSR count). The summed E-state index contributed by atoms with van der Waals surface area (Å²) in [6.07, 6.45) is 0. The molecule has 0 fully saturated rings. The third-order valence-electron chi connectivity index (χ3n) is 2.36. The Hall–Kier alpha value is -0.430. The van der Waals surface area contributed by atoms with Crippen molar-refractivity contribution in [3.05, 3.63) is 34.3 Å². The average Bonchev–Trinajstić information content (AvgIpc) is 2.27. The van der Waals surface area contributed by atoms with Gasteiger partial charge < -0.3 is 5.32 Å². The molecule has 6 heteroatoms. The lowest BCUT2D eigenvalue weighted by molar-refractivity contribution is 0.566. The van der Waals surface area contributed by atoms with Crippen LogP contribution in [0.3, 0.4) is 0 Å². The Morgan fingerprint density at radius 2 is 1.94 bits per heavy atom. The van der Waals surface area contributed by atoms with Gasteiger partial charge in [-0.3, -0.25) is 0 Å². The van der Waals surface area contributed by atoms with Crippen LogP contribution in [-0.4, -0.2) is 26.8 Å². The third kappa shape index (κ3) is 5.95. The molecule has 102 valence electrons. The number of hydrogen-bond donors (Lipinski definition) is 2. The highest BCUT2D eigenvalue weighted by Crippen LogP contribution is 2.15. The van der Waals surface area contributed by atoms with Gasteiger partial charge in [0, 0.05) is 23.6 Å². The van der Waals surface area contributed by atoms with Crippen LogP contribution in [0.15, 0.2) is 28.7 Å². The smallest absolute Gasteiger partial charge is 0.213 e. The minimum atomic E-state index is -3.23. The van der Waals surface area contributed by atoms with Crippen LogP contribution in [0.4, 0.5) is 0 Å². The van der Waals surface area contributed by atoms with Crippen molar-refractivity contribution in [1.29, 1.82) is 0 Å². The molecule has 2 N–H and O–H groups in total. The molecule has 4 nitrogen and oxygen atoms in total. The Morgan fingerprint density at radius 1 is 1.28 bits per heavy atom. The summed E-state index contributed by atoms with van der Waals surface area (Å²) >= 11 is 3.39. The second-order valence-corrected chi connectivity index (χ2v) is 7.12. The summed E-state index contributed by atoms with van der Waals surface area (Å²) in [5, 5.41) is 3.08. The fourth-order valence-corrected chi connectivity index (χ4v) is 2.71. The van der Waals surface area contributed by atoms with Crippen LogP contribution in [0.1, 0.15) is 19.4 Å². The van der Waals surface area contributed by atoms with Crippen LogP contribution in [0.25, 0.3) is 0 Å². The van der Waals surface area contributed by atoms with Crippen LogP contribution in [0.5, 0.6) is 0 Å². The molecule has 0 saturated carbocycles. The molecule has 0 amide bonds. The average molecular weight is 335 g/mol. The summed E-state index contributed by atoms with van der Waals surface area (Å²) in [5.41, 5.74) is 0.929. The maximum Gasteiger partial charge on any atom is 0.213 e. The van der Waals surface area contributed by atoms with Crippen molar-refractivity contribution in [2.45, 2.75) is 26.4 Å². The van der Waals surface area contributed by atoms with E-state index in [0.717, 1.165) is 10.0 Å². The molecule has 1 aromatic rings. The Morgan fingerprint density at radius 3 is 2.56 bits per heavy atom. The third-order valence-corrected chi connectivity index (χ3v) is 4.46. The first-order valence-corrected chi connectivity index (χ1v) is 8.29. The Bertz CT molecular complexity index is 475. The van der Waals surface area contributed by atoms with Gasteiger partial charge in [0.2, 0.25) is 10.0 Å². The van der Waals surface area contributed by atoms with Gasteiger partial charge in [-0.05, 0) is 11.6 Å². The molecule has 0 radical (unpaired) electrons. The number of sulfonamides is 1. The zero-order valence-corrected chi connectivity index (χ0v) is 13.0. The Kier molecular flexibility index (Phi) is 6.28. The fraction of sp³-hybridized carbons (Fsp3) is 0.500. The van der Waals surface area contributed by atoms with Gasteiger partial charge in [-0.15, -0.1) is 0 Å². The highest BCUT2D eigenvalue weighted by atomic mass is 79.9. The summed E-state index contributed by atoms with van der Waals surface area (Å²) in [7, 11) is -3.23. The molecule has 0 aliphatic heterocycles. The van der Waals surface area contributed by atoms with Gasteiger partial charge in [-0.25, -0.2) is 13.1 Å². The second-order valence-electron chi connectivity index (χ2n) is 4.34. The van der Waals surface area contributed by atoms with Crippen LogP contribution in [-0.2, 0) is 16.6 Å². The number of hydrogen-bond acceptors (Lipinski definition) is 3. The zero-order valence-electron chi connectivity index (χ0n) is 10.6. The summed E-state index contributed by atoms with van der Waals surface area (Å²) in [5.74, 6) is 0.0929. The maximum atomic E-state index is 11.7. The monoisotopic (exact) mass is 334 g/mol. The predicted octanol–water partition coefficient (Wildman–Crippen LogP) is 1.87. The zero-order chi connectivity index (χ0) is 13.6. The van der Waals surface area contributed by atoms with Gasteiger partial charge in [0.25, 0.3) is 0 Å². The van der Waals surface area contributed by atoms with Crippen molar-refractivity contribution < 1.29 is 8.42 Å². The molecule has 0 saturated heterocycles. The molecule has 18 heavy (non-hydrogen) atoms. The summed E-state index contributed by atoms with van der Waals surface area (Å²) < 4.78 is 27.0. The first kappa shape index (κ1) is 15.6. The highest BCUT2D eigenvalue weighted by Gasteiger charge is 2.10. The van der Waals surface area contributed by atoms with Crippen molar-refractivity contribution >= 4 is 26.0 Å². The van der Waals surface area contributed by atoms with Gasteiger partial charge in [0.15, 0.2) is 0 Å². The number of halogens is 1. The number of benzene rings is 1. The number of rotatable bonds is 7. The summed E-state index contributed by atoms with van der Waals surface area (Å²) in [6, 6.07) is 7.86. The van der Waals surface area contributed by atoms with E-state index in [4.69, 9.17) is 0 Å². The Labute approximate surface area is 117 Å². The molecule has 0 aliphatic rings. The lowest BCUT2D eigenvalue weighted by Crippen LogP contribution is -2.34. The largest absolute Gasteiger partial charge is 0.313 e. The van der Waals surface area contributed by atoms with Crippen LogP contribution < -0.4 is 10.0 Å². The predicted molar refractivity (Wildman–Crippen MR) is 77.9 cm³/mol. The molecule has 0 bridgehead atoms. The van der Waals surface area contributed by atoms with E-state index in [1.807, 2.05) is 38.1 Å². The molecule has 0 unspecified atom stereocenters. The van der Waals surface area contributed by atoms with Crippen molar-refractivity contribution in [3.63, 3.8) is 0 Å². The first-order valence-electron chi connectivity index (χ1n) is 5.85. The maximum absolute atomic E-state index is 11.7. The molecule has 0 heterocycles. The molecule has 0 spiro atoms. The van der Waals surface area contributed by atoms with Crippen molar-refractivity contribution in [3.8, 4) is 0 Å². The van der Waals surface area contributed by atoms with E-state index in [1.54, 1.807) is 0 Å². The first-order chi connectivity index (χ1) is 8.41. The van der Waals surface area contributed by atoms with Crippen LogP contribution in [0.2, 0.25) is 0 Å². The molecule has 0 aromatic heterocycles. The van der Waals surface area contributed by atoms with Crippen LogP contribution in [0, 0.1) is 0 Å². The molecular formula is C12H19BrN2O2S. The number of nitrogens with one attached hydrogen (secondary N) is 2. The topological polar surface area (TPSA) is 58.2 Å². The van der Waals surface area contributed by atoms with Crippen molar-refractivity contribution in [2.75, 3.05) is 12.3 Å². The van der Waals surface area contributed by atoms with Gasteiger partial charge in [0.05, 0.1) is 5.75 Å². The molecule has 0 aliphatic carbocycles. The minimum Gasteiger partial charge on any atom is -0.313 e. The van der Waals surface area contributed by atoms with E-state index in [-0.39, 0.29) is 5.75 Å².